The summed E-state index contributed by atoms with van der Waals surface area (Å²) in [5.41, 5.74) is 0.884. The van der Waals surface area contributed by atoms with E-state index in [1.165, 1.54) is 0 Å². The van der Waals surface area contributed by atoms with Crippen LogP contribution in [0.5, 0.6) is 5.75 Å². The first kappa shape index (κ1) is 13.8. The molecule has 1 unspecified atom stereocenters. The van der Waals surface area contributed by atoms with Crippen molar-refractivity contribution in [2.45, 2.75) is 26.9 Å². The minimum atomic E-state index is -0.377. The molecule has 0 spiro atoms. The maximum absolute atomic E-state index is 10.1. The van der Waals surface area contributed by atoms with Crippen LogP contribution in [0.1, 0.15) is 20.8 Å². The van der Waals surface area contributed by atoms with Gasteiger partial charge in [0.2, 0.25) is 0 Å². The number of hydrogen-bond donors (Lipinski definition) is 1. The van der Waals surface area contributed by atoms with Gasteiger partial charge in [0.25, 0.3) is 0 Å². The van der Waals surface area contributed by atoms with Crippen molar-refractivity contribution >= 4 is 5.69 Å². The maximum atomic E-state index is 10.1. The van der Waals surface area contributed by atoms with E-state index in [-0.39, 0.29) is 11.5 Å². The van der Waals surface area contributed by atoms with Crippen molar-refractivity contribution < 1.29 is 9.84 Å². The molecule has 0 saturated heterocycles. The normalized spacial score (nSPS) is 13.3. The Bertz CT molecular complexity index is 357. The lowest BCUT2D eigenvalue weighted by Crippen LogP contribution is -2.37. The second kappa shape index (κ2) is 5.41. The number of likely N-dealkylation sites (N-methyl/N-ethyl adjacent to an activating group) is 1. The van der Waals surface area contributed by atoms with Gasteiger partial charge in [0.15, 0.2) is 0 Å². The summed E-state index contributed by atoms with van der Waals surface area (Å²) in [4.78, 5) is 2.02. The molecule has 0 aliphatic rings. The van der Waals surface area contributed by atoms with E-state index in [0.29, 0.717) is 6.54 Å². The first-order valence-corrected chi connectivity index (χ1v) is 5.88. The number of methoxy groups -OCH3 is 1. The highest BCUT2D eigenvalue weighted by molar-refractivity contribution is 5.57. The fraction of sp³-hybridized carbons (Fsp3) is 0.571. The molecule has 0 radical (unpaired) electrons. The van der Waals surface area contributed by atoms with Crippen molar-refractivity contribution in [2.75, 3.05) is 25.6 Å². The highest BCUT2D eigenvalue weighted by Gasteiger charge is 2.24. The zero-order valence-electron chi connectivity index (χ0n) is 11.4. The minimum absolute atomic E-state index is 0.115. The molecule has 17 heavy (non-hydrogen) atoms. The highest BCUT2D eigenvalue weighted by Crippen LogP contribution is 2.28. The second-order valence-corrected chi connectivity index (χ2v) is 5.43. The molecule has 0 fully saturated rings. The van der Waals surface area contributed by atoms with Crippen LogP contribution in [0.15, 0.2) is 24.3 Å². The Hall–Kier alpha value is -1.22. The van der Waals surface area contributed by atoms with Crippen LogP contribution < -0.4 is 9.64 Å². The number of nitrogens with zero attached hydrogens (tertiary/aromatic N) is 1. The van der Waals surface area contributed by atoms with Crippen molar-refractivity contribution in [3.63, 3.8) is 0 Å². The molecule has 0 heterocycles. The largest absolute Gasteiger partial charge is 0.495 e. The van der Waals surface area contributed by atoms with Crippen molar-refractivity contribution in [2.24, 2.45) is 5.41 Å². The molecule has 3 nitrogen and oxygen atoms in total. The second-order valence-electron chi connectivity index (χ2n) is 5.43. The Kier molecular flexibility index (Phi) is 4.40. The summed E-state index contributed by atoms with van der Waals surface area (Å²) in [6.45, 7) is 6.69. The zero-order valence-corrected chi connectivity index (χ0v) is 11.4. The van der Waals surface area contributed by atoms with E-state index >= 15 is 0 Å². The first-order chi connectivity index (χ1) is 7.86. The van der Waals surface area contributed by atoms with Crippen LogP contribution in [0.25, 0.3) is 0 Å². The molecule has 96 valence electrons. The summed E-state index contributed by atoms with van der Waals surface area (Å²) in [6, 6.07) is 7.83. The Balaban J connectivity index is 2.79. The highest BCUT2D eigenvalue weighted by atomic mass is 16.5. The third-order valence-electron chi connectivity index (χ3n) is 2.94. The van der Waals surface area contributed by atoms with Crippen molar-refractivity contribution in [1.82, 2.24) is 0 Å². The Morgan fingerprint density at radius 2 is 1.88 bits per heavy atom. The third-order valence-corrected chi connectivity index (χ3v) is 2.94. The van der Waals surface area contributed by atoms with E-state index in [0.717, 1.165) is 11.4 Å². The van der Waals surface area contributed by atoms with Crippen LogP contribution in [-0.2, 0) is 0 Å². The molecule has 1 atom stereocenters. The van der Waals surface area contributed by atoms with Gasteiger partial charge in [-0.15, -0.1) is 0 Å². The number of para-hydroxylation sites is 2. The monoisotopic (exact) mass is 237 g/mol. The number of hydrogen-bond acceptors (Lipinski definition) is 3. The topological polar surface area (TPSA) is 32.7 Å². The molecule has 3 heteroatoms. The van der Waals surface area contributed by atoms with Gasteiger partial charge in [-0.05, 0) is 17.5 Å². The molecule has 0 aliphatic carbocycles. The summed E-state index contributed by atoms with van der Waals surface area (Å²) in [5.74, 6) is 0.830. The van der Waals surface area contributed by atoms with Gasteiger partial charge in [-0.3, -0.25) is 0 Å². The molecule has 0 saturated carbocycles. The first-order valence-electron chi connectivity index (χ1n) is 5.88. The molecule has 1 N–H and O–H groups in total. The number of ether oxygens (including phenoxy) is 1. The third kappa shape index (κ3) is 3.63. The standard InChI is InChI=1S/C14H23NO2/c1-14(2,3)13(16)10-15(4)11-8-6-7-9-12(11)17-5/h6-9,13,16H,10H2,1-5H3. The average Bonchev–Trinajstić information content (AvgIpc) is 2.27. The predicted octanol–water partition coefficient (Wildman–Crippen LogP) is 2.54. The lowest BCUT2D eigenvalue weighted by atomic mass is 9.89. The van der Waals surface area contributed by atoms with E-state index in [2.05, 4.69) is 0 Å². The fourth-order valence-electron chi connectivity index (χ4n) is 1.58. The lowest BCUT2D eigenvalue weighted by Gasteiger charge is -2.31. The summed E-state index contributed by atoms with van der Waals surface area (Å²) < 4.78 is 5.31. The number of benzene rings is 1. The van der Waals surface area contributed by atoms with Gasteiger partial charge in [-0.1, -0.05) is 32.9 Å². The van der Waals surface area contributed by atoms with Crippen molar-refractivity contribution in [1.29, 1.82) is 0 Å². The SMILES string of the molecule is COc1ccccc1N(C)CC(O)C(C)(C)C. The molecule has 1 rings (SSSR count). The van der Waals surface area contributed by atoms with Crippen LogP contribution in [-0.4, -0.2) is 31.9 Å². The number of aliphatic hydroxyl groups is 1. The van der Waals surface area contributed by atoms with E-state index in [1.807, 2.05) is 57.0 Å². The summed E-state index contributed by atoms with van der Waals surface area (Å²) in [7, 11) is 3.62. The van der Waals surface area contributed by atoms with Crippen molar-refractivity contribution in [3.05, 3.63) is 24.3 Å². The van der Waals surface area contributed by atoms with Gasteiger partial charge in [0, 0.05) is 13.6 Å². The quantitative estimate of drug-likeness (QED) is 0.873. The van der Waals surface area contributed by atoms with Crippen LogP contribution in [0.4, 0.5) is 5.69 Å². The molecule has 1 aromatic carbocycles. The summed E-state index contributed by atoms with van der Waals surface area (Å²) in [6.07, 6.45) is -0.377. The van der Waals surface area contributed by atoms with Gasteiger partial charge in [-0.2, -0.15) is 0 Å². The Morgan fingerprint density at radius 3 is 2.41 bits per heavy atom. The fourth-order valence-corrected chi connectivity index (χ4v) is 1.58. The number of rotatable bonds is 4. The zero-order chi connectivity index (χ0) is 13.1. The van der Waals surface area contributed by atoms with Crippen LogP contribution in [0.2, 0.25) is 0 Å². The summed E-state index contributed by atoms with van der Waals surface area (Å²) >= 11 is 0. The van der Waals surface area contributed by atoms with Gasteiger partial charge in [-0.25, -0.2) is 0 Å². The van der Waals surface area contributed by atoms with Crippen molar-refractivity contribution in [3.8, 4) is 5.75 Å². The van der Waals surface area contributed by atoms with E-state index < -0.39 is 0 Å². The molecule has 0 amide bonds. The van der Waals surface area contributed by atoms with E-state index in [1.54, 1.807) is 7.11 Å². The smallest absolute Gasteiger partial charge is 0.142 e. The molecule has 0 aliphatic heterocycles. The Labute approximate surface area is 104 Å². The molecular weight excluding hydrogens is 214 g/mol. The van der Waals surface area contributed by atoms with Gasteiger partial charge < -0.3 is 14.7 Å². The van der Waals surface area contributed by atoms with Gasteiger partial charge in [0.05, 0.1) is 18.9 Å². The predicted molar refractivity (Wildman–Crippen MR) is 71.7 cm³/mol. The lowest BCUT2D eigenvalue weighted by molar-refractivity contribution is 0.0698. The summed E-state index contributed by atoms with van der Waals surface area (Å²) in [5, 5.41) is 10.1. The Morgan fingerprint density at radius 1 is 1.29 bits per heavy atom. The molecule has 1 aromatic rings. The number of aliphatic hydroxyl groups excluding tert-OH is 1. The van der Waals surface area contributed by atoms with Crippen LogP contribution in [0, 0.1) is 5.41 Å². The molecular formula is C14H23NO2. The molecule has 0 bridgehead atoms. The minimum Gasteiger partial charge on any atom is -0.495 e. The van der Waals surface area contributed by atoms with Gasteiger partial charge in [0.1, 0.15) is 5.75 Å². The average molecular weight is 237 g/mol. The van der Waals surface area contributed by atoms with Gasteiger partial charge >= 0.3 is 0 Å². The van der Waals surface area contributed by atoms with E-state index in [4.69, 9.17) is 4.74 Å². The van der Waals surface area contributed by atoms with Crippen LogP contribution in [0.3, 0.4) is 0 Å². The number of anilines is 1. The maximum Gasteiger partial charge on any atom is 0.142 e. The molecule has 0 aromatic heterocycles. The van der Waals surface area contributed by atoms with Crippen LogP contribution >= 0.6 is 0 Å². The van der Waals surface area contributed by atoms with E-state index in [9.17, 15) is 5.11 Å².